The van der Waals surface area contributed by atoms with Gasteiger partial charge in [0, 0.05) is 24.3 Å². The summed E-state index contributed by atoms with van der Waals surface area (Å²) in [6.07, 6.45) is 5.19. The molecule has 0 aliphatic heterocycles. The number of aromatic nitrogens is 2. The van der Waals surface area contributed by atoms with E-state index in [1.807, 2.05) is 18.2 Å². The van der Waals surface area contributed by atoms with Crippen LogP contribution in [0, 0.1) is 0 Å². The maximum Gasteiger partial charge on any atom is 0.230 e. The van der Waals surface area contributed by atoms with Crippen LogP contribution in [0.3, 0.4) is 0 Å². The van der Waals surface area contributed by atoms with E-state index in [9.17, 15) is 4.79 Å². The number of hydrogen-bond donors (Lipinski definition) is 1. The fourth-order valence-corrected chi connectivity index (χ4v) is 1.69. The average molecular weight is 292 g/mol. The van der Waals surface area contributed by atoms with E-state index < -0.39 is 0 Å². The molecule has 86 valence electrons. The molecular formula is C12H10BrN3O. The third kappa shape index (κ3) is 3.35. The monoisotopic (exact) mass is 291 g/mol. The first-order chi connectivity index (χ1) is 8.25. The van der Waals surface area contributed by atoms with Gasteiger partial charge in [-0.25, -0.2) is 0 Å². The second kappa shape index (κ2) is 5.54. The molecule has 0 aliphatic carbocycles. The molecule has 0 spiro atoms. The standard InChI is InChI=1S/C12H10BrN3O/c13-10-8-14-6-4-11(10)16-12(17)7-9-3-1-2-5-15-9/h1-6,8H,7H2,(H,14,16,17). The number of rotatable bonds is 3. The summed E-state index contributed by atoms with van der Waals surface area (Å²) in [5, 5.41) is 2.79. The zero-order valence-electron chi connectivity index (χ0n) is 8.93. The molecule has 0 saturated carbocycles. The van der Waals surface area contributed by atoms with Gasteiger partial charge in [0.15, 0.2) is 0 Å². The Bertz CT molecular complexity index is 516. The fourth-order valence-electron chi connectivity index (χ4n) is 1.34. The van der Waals surface area contributed by atoms with Crippen molar-refractivity contribution in [3.05, 3.63) is 53.0 Å². The summed E-state index contributed by atoms with van der Waals surface area (Å²) in [5.41, 5.74) is 1.45. The first kappa shape index (κ1) is 11.7. The summed E-state index contributed by atoms with van der Waals surface area (Å²) in [7, 11) is 0. The van der Waals surface area contributed by atoms with E-state index in [0.717, 1.165) is 10.2 Å². The smallest absolute Gasteiger partial charge is 0.230 e. The van der Waals surface area contributed by atoms with Gasteiger partial charge < -0.3 is 5.32 Å². The summed E-state index contributed by atoms with van der Waals surface area (Å²) in [6.45, 7) is 0. The Kier molecular flexibility index (Phi) is 3.82. The molecule has 0 bridgehead atoms. The molecule has 0 aliphatic rings. The number of halogens is 1. The largest absolute Gasteiger partial charge is 0.325 e. The molecule has 0 radical (unpaired) electrons. The van der Waals surface area contributed by atoms with Gasteiger partial charge in [0.05, 0.1) is 16.6 Å². The number of hydrogen-bond acceptors (Lipinski definition) is 3. The second-order valence-corrected chi connectivity index (χ2v) is 4.26. The number of pyridine rings is 2. The topological polar surface area (TPSA) is 54.9 Å². The van der Waals surface area contributed by atoms with Crippen LogP contribution in [-0.4, -0.2) is 15.9 Å². The zero-order valence-corrected chi connectivity index (χ0v) is 10.5. The third-order valence-electron chi connectivity index (χ3n) is 2.11. The Morgan fingerprint density at radius 2 is 2.18 bits per heavy atom. The van der Waals surface area contributed by atoms with Crippen molar-refractivity contribution in [3.63, 3.8) is 0 Å². The number of nitrogens with one attached hydrogen (secondary N) is 1. The number of amides is 1. The quantitative estimate of drug-likeness (QED) is 0.945. The minimum atomic E-state index is -0.101. The van der Waals surface area contributed by atoms with Gasteiger partial charge in [-0.3, -0.25) is 14.8 Å². The normalized spacial score (nSPS) is 9.94. The number of nitrogens with zero attached hydrogens (tertiary/aromatic N) is 2. The van der Waals surface area contributed by atoms with E-state index in [2.05, 4.69) is 31.2 Å². The molecule has 17 heavy (non-hydrogen) atoms. The van der Waals surface area contributed by atoms with E-state index in [1.54, 1.807) is 24.7 Å². The van der Waals surface area contributed by atoms with Crippen molar-refractivity contribution >= 4 is 27.5 Å². The van der Waals surface area contributed by atoms with Crippen LogP contribution < -0.4 is 5.32 Å². The summed E-state index contributed by atoms with van der Waals surface area (Å²) in [5.74, 6) is -0.101. The van der Waals surface area contributed by atoms with Gasteiger partial charge in [-0.05, 0) is 34.1 Å². The Morgan fingerprint density at radius 1 is 1.29 bits per heavy atom. The molecule has 0 aromatic carbocycles. The predicted molar refractivity (Wildman–Crippen MR) is 68.5 cm³/mol. The van der Waals surface area contributed by atoms with Crippen LogP contribution in [0.1, 0.15) is 5.69 Å². The summed E-state index contributed by atoms with van der Waals surface area (Å²) < 4.78 is 0.759. The highest BCUT2D eigenvalue weighted by Gasteiger charge is 2.06. The predicted octanol–water partition coefficient (Wildman–Crippen LogP) is 2.42. The number of anilines is 1. The number of carbonyl (C=O) groups excluding carboxylic acids is 1. The van der Waals surface area contributed by atoms with E-state index in [0.29, 0.717) is 5.69 Å². The first-order valence-corrected chi connectivity index (χ1v) is 5.84. The van der Waals surface area contributed by atoms with Gasteiger partial charge in [0.1, 0.15) is 0 Å². The van der Waals surface area contributed by atoms with Crippen LogP contribution in [0.5, 0.6) is 0 Å². The molecule has 4 nitrogen and oxygen atoms in total. The molecule has 5 heteroatoms. The van der Waals surface area contributed by atoms with Gasteiger partial charge in [-0.1, -0.05) is 6.07 Å². The summed E-state index contributed by atoms with van der Waals surface area (Å²) in [4.78, 5) is 19.8. The average Bonchev–Trinajstić information content (AvgIpc) is 2.33. The molecule has 1 amide bonds. The minimum absolute atomic E-state index is 0.101. The first-order valence-electron chi connectivity index (χ1n) is 5.05. The molecule has 0 atom stereocenters. The van der Waals surface area contributed by atoms with Crippen LogP contribution in [-0.2, 0) is 11.2 Å². The Hall–Kier alpha value is -1.75. The molecule has 2 heterocycles. The SMILES string of the molecule is O=C(Cc1ccccn1)Nc1ccncc1Br. The molecule has 2 aromatic heterocycles. The lowest BCUT2D eigenvalue weighted by molar-refractivity contribution is -0.115. The van der Waals surface area contributed by atoms with Gasteiger partial charge in [-0.2, -0.15) is 0 Å². The minimum Gasteiger partial charge on any atom is -0.325 e. The molecule has 2 rings (SSSR count). The van der Waals surface area contributed by atoms with Crippen LogP contribution in [0.4, 0.5) is 5.69 Å². The van der Waals surface area contributed by atoms with Gasteiger partial charge in [-0.15, -0.1) is 0 Å². The highest BCUT2D eigenvalue weighted by atomic mass is 79.9. The Morgan fingerprint density at radius 3 is 2.88 bits per heavy atom. The Labute approximate surface area is 107 Å². The van der Waals surface area contributed by atoms with E-state index >= 15 is 0 Å². The van der Waals surface area contributed by atoms with Crippen molar-refractivity contribution in [1.82, 2.24) is 9.97 Å². The van der Waals surface area contributed by atoms with Crippen LogP contribution in [0.2, 0.25) is 0 Å². The third-order valence-corrected chi connectivity index (χ3v) is 2.75. The van der Waals surface area contributed by atoms with E-state index in [4.69, 9.17) is 0 Å². The van der Waals surface area contributed by atoms with Crippen molar-refractivity contribution in [2.24, 2.45) is 0 Å². The lowest BCUT2D eigenvalue weighted by atomic mass is 10.2. The maximum atomic E-state index is 11.7. The lowest BCUT2D eigenvalue weighted by Gasteiger charge is -2.06. The molecule has 1 N–H and O–H groups in total. The second-order valence-electron chi connectivity index (χ2n) is 3.40. The molecular weight excluding hydrogens is 282 g/mol. The molecule has 0 saturated heterocycles. The van der Waals surface area contributed by atoms with Crippen LogP contribution >= 0.6 is 15.9 Å². The Balaban J connectivity index is 2.01. The van der Waals surface area contributed by atoms with Crippen molar-refractivity contribution in [2.45, 2.75) is 6.42 Å². The van der Waals surface area contributed by atoms with Gasteiger partial charge >= 0.3 is 0 Å². The van der Waals surface area contributed by atoms with Crippen molar-refractivity contribution in [2.75, 3.05) is 5.32 Å². The zero-order chi connectivity index (χ0) is 12.1. The van der Waals surface area contributed by atoms with Crippen LogP contribution in [0.15, 0.2) is 47.3 Å². The van der Waals surface area contributed by atoms with Crippen molar-refractivity contribution in [1.29, 1.82) is 0 Å². The van der Waals surface area contributed by atoms with Gasteiger partial charge in [0.25, 0.3) is 0 Å². The van der Waals surface area contributed by atoms with Crippen LogP contribution in [0.25, 0.3) is 0 Å². The molecule has 2 aromatic rings. The highest BCUT2D eigenvalue weighted by Crippen LogP contribution is 2.19. The van der Waals surface area contributed by atoms with Crippen molar-refractivity contribution in [3.8, 4) is 0 Å². The van der Waals surface area contributed by atoms with E-state index in [1.165, 1.54) is 0 Å². The lowest BCUT2D eigenvalue weighted by Crippen LogP contribution is -2.15. The summed E-state index contributed by atoms with van der Waals surface area (Å²) >= 11 is 3.32. The van der Waals surface area contributed by atoms with Gasteiger partial charge in [0.2, 0.25) is 5.91 Å². The summed E-state index contributed by atoms with van der Waals surface area (Å²) in [6, 6.07) is 7.24. The maximum absolute atomic E-state index is 11.7. The van der Waals surface area contributed by atoms with Crippen molar-refractivity contribution < 1.29 is 4.79 Å². The van der Waals surface area contributed by atoms with E-state index in [-0.39, 0.29) is 12.3 Å². The molecule has 0 fully saturated rings. The molecule has 0 unspecified atom stereocenters. The highest BCUT2D eigenvalue weighted by molar-refractivity contribution is 9.10. The number of carbonyl (C=O) groups is 1. The fraction of sp³-hybridized carbons (Fsp3) is 0.0833.